The zero-order valence-electron chi connectivity index (χ0n) is 10.1. The summed E-state index contributed by atoms with van der Waals surface area (Å²) >= 11 is 0. The number of amides is 1. The van der Waals surface area contributed by atoms with Crippen LogP contribution in [0.1, 0.15) is 16.1 Å². The number of fused-ring (bicyclic) bond motifs is 1. The summed E-state index contributed by atoms with van der Waals surface area (Å²) < 4.78 is 0. The van der Waals surface area contributed by atoms with Gasteiger partial charge in [-0.15, -0.1) is 0 Å². The van der Waals surface area contributed by atoms with Crippen LogP contribution < -0.4 is 5.32 Å². The van der Waals surface area contributed by atoms with Crippen LogP contribution in [0.5, 0.6) is 0 Å². The third kappa shape index (κ3) is 2.30. The average Bonchev–Trinajstić information content (AvgIpc) is 2.97. The number of imidazole rings is 1. The Morgan fingerprint density at radius 2 is 2.21 bits per heavy atom. The Morgan fingerprint density at radius 3 is 3.05 bits per heavy atom. The lowest BCUT2D eigenvalue weighted by Gasteiger charge is -2.06. The van der Waals surface area contributed by atoms with Crippen molar-refractivity contribution >= 4 is 16.8 Å². The summed E-state index contributed by atoms with van der Waals surface area (Å²) in [5.74, 6) is -0.117. The van der Waals surface area contributed by atoms with Gasteiger partial charge in [-0.2, -0.15) is 0 Å². The molecule has 1 amide bonds. The molecule has 0 saturated heterocycles. The smallest absolute Gasteiger partial charge is 0.252 e. The highest BCUT2D eigenvalue weighted by Crippen LogP contribution is 2.16. The molecule has 0 spiro atoms. The van der Waals surface area contributed by atoms with Gasteiger partial charge >= 0.3 is 0 Å². The van der Waals surface area contributed by atoms with E-state index in [4.69, 9.17) is 0 Å². The van der Waals surface area contributed by atoms with E-state index < -0.39 is 0 Å². The van der Waals surface area contributed by atoms with Gasteiger partial charge in [-0.3, -0.25) is 9.78 Å². The van der Waals surface area contributed by atoms with E-state index in [-0.39, 0.29) is 5.91 Å². The fraction of sp³-hybridized carbons (Fsp3) is 0.0714. The van der Waals surface area contributed by atoms with Crippen molar-refractivity contribution < 1.29 is 4.79 Å². The number of benzene rings is 1. The molecule has 94 valence electrons. The number of nitrogens with one attached hydrogen (secondary N) is 2. The zero-order chi connectivity index (χ0) is 13.1. The molecule has 19 heavy (non-hydrogen) atoms. The Morgan fingerprint density at radius 1 is 1.26 bits per heavy atom. The topological polar surface area (TPSA) is 70.7 Å². The van der Waals surface area contributed by atoms with Crippen molar-refractivity contribution in [3.05, 3.63) is 60.3 Å². The molecular formula is C14H12N4O. The molecular weight excluding hydrogens is 240 g/mol. The van der Waals surface area contributed by atoms with Crippen LogP contribution in [0.2, 0.25) is 0 Å². The minimum absolute atomic E-state index is 0.117. The van der Waals surface area contributed by atoms with Crippen molar-refractivity contribution in [2.75, 3.05) is 0 Å². The van der Waals surface area contributed by atoms with Gasteiger partial charge in [0.15, 0.2) is 0 Å². The summed E-state index contributed by atoms with van der Waals surface area (Å²) in [5.41, 5.74) is 2.31. The molecule has 0 bridgehead atoms. The van der Waals surface area contributed by atoms with E-state index in [2.05, 4.69) is 20.3 Å². The monoisotopic (exact) mass is 252 g/mol. The summed E-state index contributed by atoms with van der Waals surface area (Å²) in [6.45, 7) is 0.426. The fourth-order valence-corrected chi connectivity index (χ4v) is 1.95. The van der Waals surface area contributed by atoms with E-state index in [9.17, 15) is 4.79 Å². The predicted octanol–water partition coefficient (Wildman–Crippen LogP) is 1.89. The number of hydrogen-bond acceptors (Lipinski definition) is 3. The summed E-state index contributed by atoms with van der Waals surface area (Å²) in [4.78, 5) is 23.3. The van der Waals surface area contributed by atoms with Crippen LogP contribution >= 0.6 is 0 Å². The van der Waals surface area contributed by atoms with E-state index in [1.54, 1.807) is 24.8 Å². The maximum absolute atomic E-state index is 12.2. The van der Waals surface area contributed by atoms with Crippen molar-refractivity contribution in [3.63, 3.8) is 0 Å². The van der Waals surface area contributed by atoms with Crippen LogP contribution in [0.15, 0.2) is 49.1 Å². The van der Waals surface area contributed by atoms with Crippen LogP contribution in [0.4, 0.5) is 0 Å². The van der Waals surface area contributed by atoms with Crippen LogP contribution in [0.25, 0.3) is 10.9 Å². The van der Waals surface area contributed by atoms with Gasteiger partial charge in [0.2, 0.25) is 0 Å². The SMILES string of the molecule is O=C(NCc1cnc[nH]1)c1cccc2ncccc12. The van der Waals surface area contributed by atoms with E-state index >= 15 is 0 Å². The molecule has 5 heteroatoms. The first-order chi connectivity index (χ1) is 9.34. The van der Waals surface area contributed by atoms with Crippen molar-refractivity contribution in [2.24, 2.45) is 0 Å². The summed E-state index contributed by atoms with van der Waals surface area (Å²) in [6, 6.07) is 9.25. The molecule has 2 heterocycles. The first kappa shape index (κ1) is 11.4. The molecule has 0 fully saturated rings. The zero-order valence-corrected chi connectivity index (χ0v) is 10.1. The molecule has 2 N–H and O–H groups in total. The number of carbonyl (C=O) groups excluding carboxylic acids is 1. The second-order valence-corrected chi connectivity index (χ2v) is 4.14. The Balaban J connectivity index is 1.85. The first-order valence-corrected chi connectivity index (χ1v) is 5.94. The minimum Gasteiger partial charge on any atom is -0.347 e. The van der Waals surface area contributed by atoms with Gasteiger partial charge in [0.05, 0.1) is 24.1 Å². The maximum atomic E-state index is 12.2. The highest BCUT2D eigenvalue weighted by Gasteiger charge is 2.09. The molecule has 0 saturated carbocycles. The second-order valence-electron chi connectivity index (χ2n) is 4.14. The third-order valence-corrected chi connectivity index (χ3v) is 2.88. The number of aromatic amines is 1. The maximum Gasteiger partial charge on any atom is 0.252 e. The van der Waals surface area contributed by atoms with Crippen molar-refractivity contribution in [1.82, 2.24) is 20.3 Å². The lowest BCUT2D eigenvalue weighted by Crippen LogP contribution is -2.23. The van der Waals surface area contributed by atoms with Gasteiger partial charge in [-0.1, -0.05) is 12.1 Å². The number of hydrogen-bond donors (Lipinski definition) is 2. The van der Waals surface area contributed by atoms with Gasteiger partial charge in [-0.25, -0.2) is 4.98 Å². The summed E-state index contributed by atoms with van der Waals surface area (Å²) in [7, 11) is 0. The van der Waals surface area contributed by atoms with Crippen LogP contribution in [0.3, 0.4) is 0 Å². The summed E-state index contributed by atoms with van der Waals surface area (Å²) in [6.07, 6.45) is 4.99. The third-order valence-electron chi connectivity index (χ3n) is 2.88. The number of nitrogens with zero attached hydrogens (tertiary/aromatic N) is 2. The second kappa shape index (κ2) is 4.89. The molecule has 0 aliphatic carbocycles. The lowest BCUT2D eigenvalue weighted by atomic mass is 10.1. The van der Waals surface area contributed by atoms with Gasteiger partial charge < -0.3 is 10.3 Å². The molecule has 0 aliphatic heterocycles. The Bertz CT molecular complexity index is 701. The van der Waals surface area contributed by atoms with Gasteiger partial charge in [-0.05, 0) is 18.2 Å². The highest BCUT2D eigenvalue weighted by molar-refractivity contribution is 6.06. The first-order valence-electron chi connectivity index (χ1n) is 5.94. The quantitative estimate of drug-likeness (QED) is 0.747. The van der Waals surface area contributed by atoms with Crippen molar-refractivity contribution in [1.29, 1.82) is 0 Å². The van der Waals surface area contributed by atoms with E-state index in [1.807, 2.05) is 24.3 Å². The van der Waals surface area contributed by atoms with Crippen molar-refractivity contribution in [2.45, 2.75) is 6.54 Å². The molecule has 3 rings (SSSR count). The Hall–Kier alpha value is -2.69. The average molecular weight is 252 g/mol. The standard InChI is InChI=1S/C14H12N4O/c19-14(17-8-10-7-15-9-18-10)12-3-1-5-13-11(12)4-2-6-16-13/h1-7,9H,8H2,(H,15,18)(H,17,19). The van der Waals surface area contributed by atoms with Gasteiger partial charge in [0.25, 0.3) is 5.91 Å². The molecule has 2 aromatic heterocycles. The predicted molar refractivity (Wildman–Crippen MR) is 71.5 cm³/mol. The molecule has 0 unspecified atom stereocenters. The number of H-pyrrole nitrogens is 1. The van der Waals surface area contributed by atoms with E-state index in [1.165, 1.54) is 0 Å². The molecule has 1 aromatic carbocycles. The largest absolute Gasteiger partial charge is 0.347 e. The number of aromatic nitrogens is 3. The normalized spacial score (nSPS) is 10.5. The fourth-order valence-electron chi connectivity index (χ4n) is 1.95. The molecule has 0 atom stereocenters. The number of rotatable bonds is 3. The lowest BCUT2D eigenvalue weighted by molar-refractivity contribution is 0.0952. The Kier molecular flexibility index (Phi) is 2.94. The van der Waals surface area contributed by atoms with Crippen molar-refractivity contribution in [3.8, 4) is 0 Å². The molecule has 5 nitrogen and oxygen atoms in total. The van der Waals surface area contributed by atoms with Crippen LogP contribution in [-0.4, -0.2) is 20.9 Å². The molecule has 0 radical (unpaired) electrons. The van der Waals surface area contributed by atoms with Crippen LogP contribution in [-0.2, 0) is 6.54 Å². The van der Waals surface area contributed by atoms with Gasteiger partial charge in [0.1, 0.15) is 0 Å². The minimum atomic E-state index is -0.117. The van der Waals surface area contributed by atoms with E-state index in [0.717, 1.165) is 16.6 Å². The molecule has 0 aliphatic rings. The van der Waals surface area contributed by atoms with Gasteiger partial charge in [0, 0.05) is 23.3 Å². The van der Waals surface area contributed by atoms with E-state index in [0.29, 0.717) is 12.1 Å². The number of carbonyl (C=O) groups is 1. The summed E-state index contributed by atoms with van der Waals surface area (Å²) in [5, 5.41) is 3.71. The number of pyridine rings is 1. The highest BCUT2D eigenvalue weighted by atomic mass is 16.1. The van der Waals surface area contributed by atoms with Crippen LogP contribution in [0, 0.1) is 0 Å². The molecule has 3 aromatic rings. The Labute approximate surface area is 109 Å².